The van der Waals surface area contributed by atoms with Gasteiger partial charge in [0.2, 0.25) is 11.8 Å². The van der Waals surface area contributed by atoms with Gasteiger partial charge >= 0.3 is 0 Å². The van der Waals surface area contributed by atoms with Crippen molar-refractivity contribution < 1.29 is 14.3 Å². The molecule has 4 aliphatic rings. The molecule has 3 aliphatic heterocycles. The zero-order valence-electron chi connectivity index (χ0n) is 20.5. The highest BCUT2D eigenvalue weighted by atomic mass is 35.5. The number of nitrogens with zero attached hydrogens (tertiary/aromatic N) is 3. The van der Waals surface area contributed by atoms with Crippen molar-refractivity contribution >= 4 is 35.0 Å². The number of hydrogen-bond donors (Lipinski definition) is 0. The van der Waals surface area contributed by atoms with Crippen molar-refractivity contribution in [1.82, 2.24) is 14.7 Å². The number of ether oxygens (including phenoxy) is 1. The average Bonchev–Trinajstić information content (AvgIpc) is 2.85. The third-order valence-corrected chi connectivity index (χ3v) is 9.45. The molecule has 8 heteroatoms. The molecule has 35 heavy (non-hydrogen) atoms. The Bertz CT molecular complexity index is 926. The summed E-state index contributed by atoms with van der Waals surface area (Å²) < 4.78 is 5.49. The largest absolute Gasteiger partial charge is 0.379 e. The second-order valence-electron chi connectivity index (χ2n) is 10.8. The number of likely N-dealkylation sites (tertiary alicyclic amines) is 2. The molecular weight excluding hydrogens is 485 g/mol. The van der Waals surface area contributed by atoms with Crippen molar-refractivity contribution in [2.24, 2.45) is 5.92 Å². The lowest BCUT2D eigenvalue weighted by atomic mass is 9.70. The highest BCUT2D eigenvalue weighted by Gasteiger charge is 2.49. The molecule has 0 aromatic heterocycles. The van der Waals surface area contributed by atoms with Crippen LogP contribution < -0.4 is 0 Å². The maximum Gasteiger partial charge on any atom is 0.239 e. The summed E-state index contributed by atoms with van der Waals surface area (Å²) in [5.41, 5.74) is 0.157. The summed E-state index contributed by atoms with van der Waals surface area (Å²) >= 11 is 12.6. The van der Waals surface area contributed by atoms with Crippen molar-refractivity contribution in [3.8, 4) is 0 Å². The van der Waals surface area contributed by atoms with Gasteiger partial charge in [0.05, 0.1) is 28.7 Å². The van der Waals surface area contributed by atoms with Crippen LogP contribution in [0.5, 0.6) is 0 Å². The zero-order valence-corrected chi connectivity index (χ0v) is 22.0. The van der Waals surface area contributed by atoms with E-state index in [-0.39, 0.29) is 11.8 Å². The average molecular weight is 523 g/mol. The van der Waals surface area contributed by atoms with Gasteiger partial charge in [-0.2, -0.15) is 0 Å². The molecule has 0 bridgehead atoms. The Kier molecular flexibility index (Phi) is 8.05. The molecule has 0 N–H and O–H groups in total. The Labute approximate surface area is 218 Å². The predicted octanol–water partition coefficient (Wildman–Crippen LogP) is 4.37. The molecule has 192 valence electrons. The molecule has 1 saturated carbocycles. The van der Waals surface area contributed by atoms with Crippen LogP contribution >= 0.6 is 23.2 Å². The number of carbonyl (C=O) groups excluding carboxylic acids is 2. The summed E-state index contributed by atoms with van der Waals surface area (Å²) in [6.07, 6.45) is 7.47. The van der Waals surface area contributed by atoms with Crippen LogP contribution in [0.15, 0.2) is 18.2 Å². The van der Waals surface area contributed by atoms with E-state index in [4.69, 9.17) is 27.9 Å². The van der Waals surface area contributed by atoms with Crippen LogP contribution in [0, 0.1) is 5.92 Å². The fraction of sp³-hybridized carbons (Fsp3) is 0.704. The van der Waals surface area contributed by atoms with E-state index in [1.54, 1.807) is 11.0 Å². The smallest absolute Gasteiger partial charge is 0.239 e. The number of morpholine rings is 1. The first-order valence-electron chi connectivity index (χ1n) is 13.3. The van der Waals surface area contributed by atoms with Gasteiger partial charge in [0.1, 0.15) is 0 Å². The normalized spacial score (nSPS) is 27.9. The number of hydrogen-bond acceptors (Lipinski definition) is 5. The summed E-state index contributed by atoms with van der Waals surface area (Å²) in [6, 6.07) is 6.15. The van der Waals surface area contributed by atoms with E-state index < -0.39 is 5.41 Å². The molecule has 1 atom stereocenters. The van der Waals surface area contributed by atoms with Gasteiger partial charge in [-0.3, -0.25) is 19.4 Å². The van der Waals surface area contributed by atoms with E-state index in [1.807, 2.05) is 12.1 Å². The fourth-order valence-electron chi connectivity index (χ4n) is 6.43. The number of amides is 2. The van der Waals surface area contributed by atoms with E-state index in [2.05, 4.69) is 9.80 Å². The minimum absolute atomic E-state index is 0.0207. The van der Waals surface area contributed by atoms with Crippen molar-refractivity contribution in [3.63, 3.8) is 0 Å². The van der Waals surface area contributed by atoms with E-state index in [0.29, 0.717) is 47.8 Å². The first-order chi connectivity index (χ1) is 17.0. The SMILES string of the molecule is O=C1CC[C@](CCN2CC(N3CCOCC3)C2)(c2ccc(Cl)c(Cl)c2)C(=O)N1CC1CCCCC1. The van der Waals surface area contributed by atoms with Crippen LogP contribution in [0.2, 0.25) is 10.0 Å². The third kappa shape index (κ3) is 5.42. The first kappa shape index (κ1) is 25.5. The van der Waals surface area contributed by atoms with Crippen LogP contribution in [0.4, 0.5) is 0 Å². The fourth-order valence-corrected chi connectivity index (χ4v) is 6.73. The van der Waals surface area contributed by atoms with E-state index in [1.165, 1.54) is 19.3 Å². The molecule has 2 amide bonds. The summed E-state index contributed by atoms with van der Waals surface area (Å²) in [7, 11) is 0. The van der Waals surface area contributed by atoms with Gasteiger partial charge in [-0.15, -0.1) is 0 Å². The van der Waals surface area contributed by atoms with Crippen LogP contribution in [0.25, 0.3) is 0 Å². The molecule has 1 aromatic rings. The number of rotatable bonds is 7. The number of halogens is 2. The highest BCUT2D eigenvalue weighted by molar-refractivity contribution is 6.42. The number of imide groups is 1. The molecule has 0 unspecified atom stereocenters. The molecule has 0 radical (unpaired) electrons. The standard InChI is InChI=1S/C27H37Cl2N3O3/c28-23-7-6-21(16-24(23)29)27(10-11-30-18-22(19-30)31-12-14-35-15-13-31)9-8-25(33)32(26(27)34)17-20-4-2-1-3-5-20/h6-7,16,20,22H,1-5,8-15,17-19H2/t27-/m0/s1. The minimum atomic E-state index is -0.735. The van der Waals surface area contributed by atoms with E-state index in [0.717, 1.165) is 64.3 Å². The summed E-state index contributed by atoms with van der Waals surface area (Å²) in [6.45, 7) is 7.08. The third-order valence-electron chi connectivity index (χ3n) is 8.71. The second kappa shape index (κ2) is 11.1. The monoisotopic (exact) mass is 521 g/mol. The zero-order chi connectivity index (χ0) is 24.4. The minimum Gasteiger partial charge on any atom is -0.379 e. The topological polar surface area (TPSA) is 53.1 Å². The molecule has 3 saturated heterocycles. The van der Waals surface area contributed by atoms with Crippen LogP contribution in [0.1, 0.15) is 56.9 Å². The second-order valence-corrected chi connectivity index (χ2v) is 11.7. The molecule has 4 fully saturated rings. The summed E-state index contributed by atoms with van der Waals surface area (Å²) in [5.74, 6) is 0.362. The molecule has 0 spiro atoms. The molecular formula is C27H37Cl2N3O3. The van der Waals surface area contributed by atoms with Gasteiger partial charge in [0.15, 0.2) is 0 Å². The number of benzene rings is 1. The van der Waals surface area contributed by atoms with Gasteiger partial charge in [-0.05, 0) is 55.8 Å². The molecule has 1 aliphatic carbocycles. The number of carbonyl (C=O) groups is 2. The molecule has 3 heterocycles. The van der Waals surface area contributed by atoms with Crippen molar-refractivity contribution in [2.45, 2.75) is 62.8 Å². The highest BCUT2D eigenvalue weighted by Crippen LogP contribution is 2.42. The lowest BCUT2D eigenvalue weighted by Crippen LogP contribution is -2.62. The van der Waals surface area contributed by atoms with Crippen molar-refractivity contribution in [2.75, 3.05) is 52.5 Å². The van der Waals surface area contributed by atoms with Crippen molar-refractivity contribution in [1.29, 1.82) is 0 Å². The van der Waals surface area contributed by atoms with Gasteiger partial charge < -0.3 is 9.64 Å². The number of piperidine rings is 1. The van der Waals surface area contributed by atoms with Crippen LogP contribution in [-0.2, 0) is 19.7 Å². The Morgan fingerprint density at radius 3 is 2.46 bits per heavy atom. The maximum absolute atomic E-state index is 14.1. The van der Waals surface area contributed by atoms with Gasteiger partial charge in [0, 0.05) is 45.2 Å². The maximum atomic E-state index is 14.1. The predicted molar refractivity (Wildman–Crippen MR) is 138 cm³/mol. The van der Waals surface area contributed by atoms with Crippen LogP contribution in [-0.4, -0.2) is 85.0 Å². The first-order valence-corrected chi connectivity index (χ1v) is 14.1. The summed E-state index contributed by atoms with van der Waals surface area (Å²) in [4.78, 5) is 33.7. The molecule has 6 nitrogen and oxygen atoms in total. The quantitative estimate of drug-likeness (QED) is 0.498. The van der Waals surface area contributed by atoms with Gasteiger partial charge in [0.25, 0.3) is 0 Å². The van der Waals surface area contributed by atoms with E-state index in [9.17, 15) is 9.59 Å². The lowest BCUT2D eigenvalue weighted by Gasteiger charge is -2.48. The Hall–Kier alpha value is -1.18. The van der Waals surface area contributed by atoms with Gasteiger partial charge in [-0.25, -0.2) is 0 Å². The Balaban J connectivity index is 1.32. The van der Waals surface area contributed by atoms with Gasteiger partial charge in [-0.1, -0.05) is 48.5 Å². The van der Waals surface area contributed by atoms with E-state index >= 15 is 0 Å². The Morgan fingerprint density at radius 2 is 1.74 bits per heavy atom. The summed E-state index contributed by atoms with van der Waals surface area (Å²) in [5, 5.41) is 0.948. The Morgan fingerprint density at radius 1 is 1.00 bits per heavy atom. The molecule has 5 rings (SSSR count). The molecule has 1 aromatic carbocycles. The van der Waals surface area contributed by atoms with Crippen LogP contribution in [0.3, 0.4) is 0 Å². The lowest BCUT2D eigenvalue weighted by molar-refractivity contribution is -0.155. The van der Waals surface area contributed by atoms with Crippen molar-refractivity contribution in [3.05, 3.63) is 33.8 Å².